The van der Waals surface area contributed by atoms with E-state index in [1.165, 1.54) is 22.2 Å². The molecule has 1 N–H and O–H groups in total. The Labute approximate surface area is 215 Å². The number of benzene rings is 2. The van der Waals surface area contributed by atoms with Gasteiger partial charge in [0.15, 0.2) is 5.72 Å². The molecule has 182 valence electrons. The third kappa shape index (κ3) is 4.22. The Morgan fingerprint density at radius 3 is 2.51 bits per heavy atom. The lowest BCUT2D eigenvalue weighted by molar-refractivity contribution is 0.0606. The first-order valence-corrected chi connectivity index (χ1v) is 12.2. The van der Waals surface area contributed by atoms with Gasteiger partial charge in [-0.05, 0) is 56.3 Å². The van der Waals surface area contributed by atoms with Crippen LogP contribution in [-0.2, 0) is 12.0 Å². The van der Waals surface area contributed by atoms with Crippen LogP contribution in [0.3, 0.4) is 0 Å². The summed E-state index contributed by atoms with van der Waals surface area (Å²) in [4.78, 5) is 26.1. The highest BCUT2D eigenvalue weighted by Crippen LogP contribution is 2.42. The molecule has 0 spiro atoms. The number of aromatic nitrogens is 2. The number of hydrogen-bond donors (Lipinski definition) is 1. The van der Waals surface area contributed by atoms with Crippen LogP contribution in [-0.4, -0.2) is 40.1 Å². The van der Waals surface area contributed by atoms with Gasteiger partial charge in [0.2, 0.25) is 11.8 Å². The number of carbonyl (C=O) groups is 1. The van der Waals surface area contributed by atoms with Crippen molar-refractivity contribution in [1.82, 2.24) is 14.9 Å². The zero-order valence-corrected chi connectivity index (χ0v) is 21.8. The number of ether oxygens (including phenoxy) is 1. The maximum atomic E-state index is 13.5. The van der Waals surface area contributed by atoms with E-state index in [4.69, 9.17) is 27.9 Å². The maximum Gasteiger partial charge on any atom is 0.268 e. The molecule has 1 aromatic heterocycles. The molecule has 2 aromatic carbocycles. The van der Waals surface area contributed by atoms with Crippen molar-refractivity contribution >= 4 is 46.4 Å². The molecule has 1 amide bonds. The topological polar surface area (TPSA) is 70.6 Å². The van der Waals surface area contributed by atoms with E-state index in [2.05, 4.69) is 53.2 Å². The normalized spacial score (nSPS) is 18.5. The Kier molecular flexibility index (Phi) is 5.70. The third-order valence-electron chi connectivity index (χ3n) is 6.43. The van der Waals surface area contributed by atoms with Crippen LogP contribution in [0.1, 0.15) is 49.2 Å². The van der Waals surface area contributed by atoms with Gasteiger partial charge in [0.25, 0.3) is 5.91 Å². The van der Waals surface area contributed by atoms with Gasteiger partial charge in [-0.3, -0.25) is 9.69 Å². The highest BCUT2D eigenvalue weighted by atomic mass is 35.5. The van der Waals surface area contributed by atoms with E-state index in [9.17, 15) is 4.79 Å². The standard InChI is InChI=1S/C26H27Cl2N5O2/c1-25(2)14-32(5)13-15-11-16(9-10-18(15)25)30-24-29-12-17-22(31-24)35-26(3,4)33(23(17)34)21-19(27)7-6-8-20(21)28/h6-12H,13-14H2,1-5H3,(H,29,30,31). The summed E-state index contributed by atoms with van der Waals surface area (Å²) >= 11 is 12.8. The van der Waals surface area contributed by atoms with Crippen LogP contribution in [0.4, 0.5) is 17.3 Å². The molecule has 9 heteroatoms. The molecule has 2 aliphatic rings. The average Bonchev–Trinajstić information content (AvgIpc) is 2.74. The number of anilines is 3. The molecule has 0 bridgehead atoms. The van der Waals surface area contributed by atoms with E-state index in [-0.39, 0.29) is 22.8 Å². The van der Waals surface area contributed by atoms with Crippen molar-refractivity contribution in [3.05, 3.63) is 69.3 Å². The van der Waals surface area contributed by atoms with Gasteiger partial charge in [-0.2, -0.15) is 4.98 Å². The first-order chi connectivity index (χ1) is 16.5. The predicted molar refractivity (Wildman–Crippen MR) is 139 cm³/mol. The SMILES string of the molecule is CN1Cc2cc(Nc3ncc4c(n3)OC(C)(C)N(c3c(Cl)cccc3Cl)C4=O)ccc2C(C)(C)C1. The molecule has 7 nitrogen and oxygen atoms in total. The summed E-state index contributed by atoms with van der Waals surface area (Å²) in [7, 11) is 2.13. The highest BCUT2D eigenvalue weighted by molar-refractivity contribution is 6.40. The number of carbonyl (C=O) groups excluding carboxylic acids is 1. The molecule has 3 aromatic rings. The van der Waals surface area contributed by atoms with Crippen molar-refractivity contribution in [3.63, 3.8) is 0 Å². The van der Waals surface area contributed by atoms with E-state index in [0.717, 1.165) is 18.8 Å². The number of nitrogens with zero attached hydrogens (tertiary/aromatic N) is 4. The van der Waals surface area contributed by atoms with E-state index in [1.54, 1.807) is 32.0 Å². The van der Waals surface area contributed by atoms with Crippen LogP contribution < -0.4 is 15.0 Å². The van der Waals surface area contributed by atoms with Crippen molar-refractivity contribution in [3.8, 4) is 5.88 Å². The minimum absolute atomic E-state index is 0.0827. The lowest BCUT2D eigenvalue weighted by Crippen LogP contribution is -2.55. The first-order valence-electron chi connectivity index (χ1n) is 11.4. The third-order valence-corrected chi connectivity index (χ3v) is 7.04. The predicted octanol–water partition coefficient (Wildman–Crippen LogP) is 6.03. The molecule has 0 atom stereocenters. The van der Waals surface area contributed by atoms with Crippen molar-refractivity contribution < 1.29 is 9.53 Å². The quantitative estimate of drug-likeness (QED) is 0.463. The summed E-state index contributed by atoms with van der Waals surface area (Å²) in [6.45, 7) is 9.95. The van der Waals surface area contributed by atoms with E-state index in [1.807, 2.05) is 6.07 Å². The van der Waals surface area contributed by atoms with Crippen LogP contribution in [0.15, 0.2) is 42.6 Å². The summed E-state index contributed by atoms with van der Waals surface area (Å²) in [5.74, 6) is 0.215. The second kappa shape index (κ2) is 8.36. The fourth-order valence-corrected chi connectivity index (χ4v) is 5.64. The van der Waals surface area contributed by atoms with Crippen LogP contribution in [0.25, 0.3) is 0 Å². The Balaban J connectivity index is 1.46. The van der Waals surface area contributed by atoms with Crippen LogP contribution >= 0.6 is 23.2 Å². The second-order valence-corrected chi connectivity index (χ2v) is 11.0. The maximum absolute atomic E-state index is 13.5. The summed E-state index contributed by atoms with van der Waals surface area (Å²) in [5, 5.41) is 3.97. The molecule has 0 saturated heterocycles. The molecular weight excluding hydrogens is 485 g/mol. The molecule has 0 aliphatic carbocycles. The lowest BCUT2D eigenvalue weighted by atomic mass is 9.78. The van der Waals surface area contributed by atoms with Gasteiger partial charge in [0.05, 0.1) is 15.7 Å². The summed E-state index contributed by atoms with van der Waals surface area (Å²) < 4.78 is 6.17. The smallest absolute Gasteiger partial charge is 0.268 e. The monoisotopic (exact) mass is 511 g/mol. The van der Waals surface area contributed by atoms with Crippen molar-refractivity contribution in [2.45, 2.75) is 45.4 Å². The van der Waals surface area contributed by atoms with Gasteiger partial charge in [-0.15, -0.1) is 0 Å². The summed E-state index contributed by atoms with van der Waals surface area (Å²) in [6.07, 6.45) is 1.47. The Bertz CT molecular complexity index is 1320. The summed E-state index contributed by atoms with van der Waals surface area (Å²) in [6, 6.07) is 11.4. The van der Waals surface area contributed by atoms with Gasteiger partial charge in [0.1, 0.15) is 5.56 Å². The number of amides is 1. The molecule has 5 rings (SSSR count). The average molecular weight is 512 g/mol. The van der Waals surface area contributed by atoms with E-state index < -0.39 is 5.72 Å². The zero-order chi connectivity index (χ0) is 25.1. The molecule has 0 unspecified atom stereocenters. The van der Waals surface area contributed by atoms with Crippen LogP contribution in [0.2, 0.25) is 10.0 Å². The van der Waals surface area contributed by atoms with E-state index in [0.29, 0.717) is 21.7 Å². The van der Waals surface area contributed by atoms with Gasteiger partial charge in [0, 0.05) is 30.4 Å². The van der Waals surface area contributed by atoms with Crippen molar-refractivity contribution in [1.29, 1.82) is 0 Å². The highest BCUT2D eigenvalue weighted by Gasteiger charge is 2.44. The molecule has 2 aliphatic heterocycles. The van der Waals surface area contributed by atoms with Gasteiger partial charge >= 0.3 is 0 Å². The minimum atomic E-state index is -1.08. The number of likely N-dealkylation sites (N-methyl/N-ethyl adjacent to an activating group) is 1. The molecule has 0 radical (unpaired) electrons. The molecule has 3 heterocycles. The van der Waals surface area contributed by atoms with Crippen LogP contribution in [0, 0.1) is 0 Å². The molecule has 0 fully saturated rings. The first kappa shape index (κ1) is 23.9. The Hall–Kier alpha value is -2.87. The van der Waals surface area contributed by atoms with Crippen molar-refractivity contribution in [2.24, 2.45) is 0 Å². The fraction of sp³-hybridized carbons (Fsp3) is 0.346. The summed E-state index contributed by atoms with van der Waals surface area (Å²) in [5.41, 5.74) is 3.13. The number of hydrogen-bond acceptors (Lipinski definition) is 6. The lowest BCUT2D eigenvalue weighted by Gasteiger charge is -2.42. The zero-order valence-electron chi connectivity index (χ0n) is 20.3. The Morgan fingerprint density at radius 2 is 1.80 bits per heavy atom. The number of rotatable bonds is 3. The molecular formula is C26H27Cl2N5O2. The van der Waals surface area contributed by atoms with Gasteiger partial charge in [-0.25, -0.2) is 4.98 Å². The Morgan fingerprint density at radius 1 is 1.09 bits per heavy atom. The number of halogens is 2. The molecule has 35 heavy (non-hydrogen) atoms. The second-order valence-electron chi connectivity index (χ2n) is 10.2. The van der Waals surface area contributed by atoms with Crippen molar-refractivity contribution in [2.75, 3.05) is 23.8 Å². The van der Waals surface area contributed by atoms with Gasteiger partial charge in [-0.1, -0.05) is 49.2 Å². The number of fused-ring (bicyclic) bond motifs is 2. The number of nitrogens with one attached hydrogen (secondary N) is 1. The molecule has 0 saturated carbocycles. The number of para-hydroxylation sites is 1. The van der Waals surface area contributed by atoms with Gasteiger partial charge < -0.3 is 15.0 Å². The minimum Gasteiger partial charge on any atom is -0.450 e. The largest absolute Gasteiger partial charge is 0.450 e. The van der Waals surface area contributed by atoms with E-state index >= 15 is 0 Å². The van der Waals surface area contributed by atoms with Crippen LogP contribution in [0.5, 0.6) is 5.88 Å². The fourth-order valence-electron chi connectivity index (χ4n) is 5.07.